The number of methoxy groups -OCH3 is 1. The van der Waals surface area contributed by atoms with E-state index in [2.05, 4.69) is 30.4 Å². The fraction of sp³-hybridized carbons (Fsp3) is 0.400. The third-order valence-corrected chi connectivity index (χ3v) is 4.06. The highest BCUT2D eigenvalue weighted by Crippen LogP contribution is 2.41. The summed E-state index contributed by atoms with van der Waals surface area (Å²) in [7, 11) is 1.68. The average Bonchev–Trinajstić information content (AvgIpc) is 3.05. The molecule has 0 radical (unpaired) electrons. The van der Waals surface area contributed by atoms with Gasteiger partial charge >= 0.3 is 0 Å². The summed E-state index contributed by atoms with van der Waals surface area (Å²) in [6.07, 6.45) is 5.87. The third-order valence-electron chi connectivity index (χ3n) is 4.06. The van der Waals surface area contributed by atoms with Crippen molar-refractivity contribution in [1.29, 1.82) is 0 Å². The second-order valence-electron chi connectivity index (χ2n) is 5.08. The first kappa shape index (κ1) is 12.2. The molecule has 1 aliphatic rings. The number of ether oxygens (including phenoxy) is 1. The number of aryl methyl sites for hydroxylation is 2. The van der Waals surface area contributed by atoms with Crippen LogP contribution in [0.5, 0.6) is 5.75 Å². The maximum absolute atomic E-state index is 6.67. The summed E-state index contributed by atoms with van der Waals surface area (Å²) >= 11 is 0. The minimum Gasteiger partial charge on any atom is -0.497 e. The minimum absolute atomic E-state index is 0.433. The fourth-order valence-electron chi connectivity index (χ4n) is 2.85. The minimum atomic E-state index is -0.433. The number of hydrogen-bond donors (Lipinski definition) is 1. The van der Waals surface area contributed by atoms with E-state index >= 15 is 0 Å². The van der Waals surface area contributed by atoms with Crippen molar-refractivity contribution in [1.82, 2.24) is 9.78 Å². The van der Waals surface area contributed by atoms with Gasteiger partial charge in [0, 0.05) is 18.3 Å². The van der Waals surface area contributed by atoms with Gasteiger partial charge in [0.25, 0.3) is 0 Å². The van der Waals surface area contributed by atoms with Gasteiger partial charge in [0.05, 0.1) is 18.8 Å². The van der Waals surface area contributed by atoms with Crippen molar-refractivity contribution < 1.29 is 4.74 Å². The number of aromatic nitrogens is 2. The van der Waals surface area contributed by atoms with E-state index in [9.17, 15) is 0 Å². The van der Waals surface area contributed by atoms with E-state index in [0.29, 0.717) is 0 Å². The Labute approximate surface area is 113 Å². The highest BCUT2D eigenvalue weighted by Gasteiger charge is 2.37. The van der Waals surface area contributed by atoms with Gasteiger partial charge in [-0.25, -0.2) is 0 Å². The SMILES string of the molecule is CCn1cc(C2(N)CCc3ccc(OC)cc32)cn1. The van der Waals surface area contributed by atoms with Gasteiger partial charge in [-0.15, -0.1) is 0 Å². The molecule has 1 aliphatic carbocycles. The van der Waals surface area contributed by atoms with Gasteiger partial charge in [0.1, 0.15) is 5.75 Å². The predicted octanol–water partition coefficient (Wildman–Crippen LogP) is 2.06. The van der Waals surface area contributed by atoms with Crippen LogP contribution in [0, 0.1) is 0 Å². The van der Waals surface area contributed by atoms with Crippen molar-refractivity contribution in [3.05, 3.63) is 47.3 Å². The maximum atomic E-state index is 6.67. The molecule has 4 heteroatoms. The van der Waals surface area contributed by atoms with Crippen LogP contribution in [-0.2, 0) is 18.5 Å². The summed E-state index contributed by atoms with van der Waals surface area (Å²) < 4.78 is 7.24. The molecule has 1 unspecified atom stereocenters. The van der Waals surface area contributed by atoms with Gasteiger partial charge in [0.2, 0.25) is 0 Å². The molecule has 4 nitrogen and oxygen atoms in total. The van der Waals surface area contributed by atoms with Crippen molar-refractivity contribution in [2.75, 3.05) is 7.11 Å². The molecular formula is C15H19N3O. The molecular weight excluding hydrogens is 238 g/mol. The number of rotatable bonds is 3. The van der Waals surface area contributed by atoms with Crippen LogP contribution < -0.4 is 10.5 Å². The van der Waals surface area contributed by atoms with Crippen molar-refractivity contribution >= 4 is 0 Å². The Bertz CT molecular complexity index is 605. The van der Waals surface area contributed by atoms with Crippen LogP contribution in [0.4, 0.5) is 0 Å². The van der Waals surface area contributed by atoms with E-state index in [1.807, 2.05) is 16.9 Å². The lowest BCUT2D eigenvalue weighted by Crippen LogP contribution is -2.35. The summed E-state index contributed by atoms with van der Waals surface area (Å²) in [6, 6.07) is 6.18. The highest BCUT2D eigenvalue weighted by atomic mass is 16.5. The molecule has 1 atom stereocenters. The number of benzene rings is 1. The number of nitrogens with two attached hydrogens (primary N) is 1. The predicted molar refractivity (Wildman–Crippen MR) is 74.2 cm³/mol. The molecule has 2 N–H and O–H groups in total. The van der Waals surface area contributed by atoms with Crippen LogP contribution in [-0.4, -0.2) is 16.9 Å². The molecule has 3 rings (SSSR count). The summed E-state index contributed by atoms with van der Waals surface area (Å²) in [5.41, 5.74) is 9.81. The monoisotopic (exact) mass is 257 g/mol. The summed E-state index contributed by atoms with van der Waals surface area (Å²) in [5, 5.41) is 4.35. The molecule has 0 saturated carbocycles. The molecule has 1 aromatic heterocycles. The molecule has 2 aromatic rings. The highest BCUT2D eigenvalue weighted by molar-refractivity contribution is 5.49. The zero-order valence-electron chi connectivity index (χ0n) is 11.4. The van der Waals surface area contributed by atoms with Crippen molar-refractivity contribution in [2.24, 2.45) is 5.73 Å². The third kappa shape index (κ3) is 1.83. The fourth-order valence-corrected chi connectivity index (χ4v) is 2.85. The Morgan fingerprint density at radius 1 is 1.47 bits per heavy atom. The lowest BCUT2D eigenvalue weighted by molar-refractivity contribution is 0.413. The standard InChI is InChI=1S/C15H19N3O/c1-3-18-10-12(9-17-18)15(16)7-6-11-4-5-13(19-2)8-14(11)15/h4-5,8-10H,3,6-7,16H2,1-2H3. The first-order valence-corrected chi connectivity index (χ1v) is 6.66. The molecule has 100 valence electrons. The van der Waals surface area contributed by atoms with E-state index in [4.69, 9.17) is 10.5 Å². The zero-order valence-corrected chi connectivity index (χ0v) is 11.4. The maximum Gasteiger partial charge on any atom is 0.119 e. The first-order chi connectivity index (χ1) is 9.17. The topological polar surface area (TPSA) is 53.1 Å². The molecule has 0 fully saturated rings. The quantitative estimate of drug-likeness (QED) is 0.915. The number of nitrogens with zero attached hydrogens (tertiary/aromatic N) is 2. The van der Waals surface area contributed by atoms with E-state index < -0.39 is 5.54 Å². The van der Waals surface area contributed by atoms with E-state index in [1.54, 1.807) is 7.11 Å². The Kier molecular flexibility index (Phi) is 2.82. The lowest BCUT2D eigenvalue weighted by Gasteiger charge is -2.24. The van der Waals surface area contributed by atoms with Gasteiger partial charge < -0.3 is 10.5 Å². The van der Waals surface area contributed by atoms with E-state index in [1.165, 1.54) is 11.1 Å². The Morgan fingerprint density at radius 3 is 3.00 bits per heavy atom. The first-order valence-electron chi connectivity index (χ1n) is 6.66. The number of fused-ring (bicyclic) bond motifs is 1. The molecule has 0 bridgehead atoms. The molecule has 19 heavy (non-hydrogen) atoms. The normalized spacial score (nSPS) is 21.4. The Morgan fingerprint density at radius 2 is 2.32 bits per heavy atom. The van der Waals surface area contributed by atoms with E-state index in [0.717, 1.165) is 30.7 Å². The average molecular weight is 257 g/mol. The summed E-state index contributed by atoms with van der Waals surface area (Å²) in [4.78, 5) is 0. The number of hydrogen-bond acceptors (Lipinski definition) is 3. The van der Waals surface area contributed by atoms with Crippen molar-refractivity contribution in [2.45, 2.75) is 31.8 Å². The Balaban J connectivity index is 2.08. The van der Waals surface area contributed by atoms with Crippen LogP contribution in [0.15, 0.2) is 30.6 Å². The Hall–Kier alpha value is -1.81. The van der Waals surface area contributed by atoms with Gasteiger partial charge in [-0.2, -0.15) is 5.10 Å². The second-order valence-corrected chi connectivity index (χ2v) is 5.08. The van der Waals surface area contributed by atoms with Crippen molar-refractivity contribution in [3.8, 4) is 5.75 Å². The molecule has 0 spiro atoms. The molecule has 1 aromatic carbocycles. The van der Waals surface area contributed by atoms with Gasteiger partial charge in [-0.05, 0) is 43.0 Å². The molecule has 1 heterocycles. The second kappa shape index (κ2) is 4.38. The smallest absolute Gasteiger partial charge is 0.119 e. The van der Waals surface area contributed by atoms with Crippen LogP contribution in [0.1, 0.15) is 30.0 Å². The van der Waals surface area contributed by atoms with Crippen molar-refractivity contribution in [3.63, 3.8) is 0 Å². The van der Waals surface area contributed by atoms with Gasteiger partial charge in [0.15, 0.2) is 0 Å². The zero-order chi connectivity index (χ0) is 13.5. The molecule has 0 amide bonds. The van der Waals surface area contributed by atoms with Gasteiger partial charge in [-0.1, -0.05) is 6.07 Å². The lowest BCUT2D eigenvalue weighted by atomic mass is 9.87. The largest absolute Gasteiger partial charge is 0.497 e. The van der Waals surface area contributed by atoms with Crippen LogP contribution >= 0.6 is 0 Å². The molecule has 0 saturated heterocycles. The van der Waals surface area contributed by atoms with Crippen LogP contribution in [0.3, 0.4) is 0 Å². The molecule has 0 aliphatic heterocycles. The van der Waals surface area contributed by atoms with Gasteiger partial charge in [-0.3, -0.25) is 4.68 Å². The summed E-state index contributed by atoms with van der Waals surface area (Å²) in [5.74, 6) is 0.860. The van der Waals surface area contributed by atoms with E-state index in [-0.39, 0.29) is 0 Å². The summed E-state index contributed by atoms with van der Waals surface area (Å²) in [6.45, 7) is 2.94. The van der Waals surface area contributed by atoms with Crippen LogP contribution in [0.25, 0.3) is 0 Å². The van der Waals surface area contributed by atoms with Crippen LogP contribution in [0.2, 0.25) is 0 Å².